The molecule has 0 aromatic carbocycles. The van der Waals surface area contributed by atoms with Crippen molar-refractivity contribution in [3.05, 3.63) is 18.0 Å². The first-order valence-electron chi connectivity index (χ1n) is 5.44. The molecule has 0 radical (unpaired) electrons. The van der Waals surface area contributed by atoms with Crippen molar-refractivity contribution < 1.29 is 14.3 Å². The van der Waals surface area contributed by atoms with Crippen molar-refractivity contribution in [1.82, 2.24) is 4.98 Å². The zero-order valence-corrected chi connectivity index (χ0v) is 12.5. The van der Waals surface area contributed by atoms with E-state index in [-0.39, 0.29) is 0 Å². The number of amides is 1. The van der Waals surface area contributed by atoms with Crippen LogP contribution in [0.1, 0.15) is 26.5 Å². The van der Waals surface area contributed by atoms with E-state index in [1.165, 1.54) is 7.11 Å². The molecular formula is C12H17BrN2O3. The second-order valence-corrected chi connectivity index (χ2v) is 5.20. The number of methoxy groups -OCH3 is 1. The summed E-state index contributed by atoms with van der Waals surface area (Å²) in [5.41, 5.74) is 0.792. The molecule has 0 spiro atoms. The molecule has 0 unspecified atom stereocenters. The molecule has 0 bridgehead atoms. The molecule has 1 amide bonds. The number of hydrogen-bond acceptors (Lipinski definition) is 4. The molecule has 100 valence electrons. The van der Waals surface area contributed by atoms with Gasteiger partial charge in [-0.1, -0.05) is 15.9 Å². The van der Waals surface area contributed by atoms with E-state index in [4.69, 9.17) is 9.47 Å². The lowest BCUT2D eigenvalue weighted by Crippen LogP contribution is -2.27. The van der Waals surface area contributed by atoms with Gasteiger partial charge in [0.25, 0.3) is 0 Å². The molecule has 1 aromatic heterocycles. The van der Waals surface area contributed by atoms with E-state index in [9.17, 15) is 4.79 Å². The molecule has 1 N–H and O–H groups in total. The third-order valence-corrected chi connectivity index (χ3v) is 2.49. The largest absolute Gasteiger partial charge is 0.493 e. The molecule has 0 aliphatic rings. The van der Waals surface area contributed by atoms with Crippen LogP contribution >= 0.6 is 15.9 Å². The van der Waals surface area contributed by atoms with E-state index in [1.807, 2.05) is 0 Å². The fourth-order valence-electron chi connectivity index (χ4n) is 1.23. The third-order valence-electron chi connectivity index (χ3n) is 1.92. The molecule has 0 saturated carbocycles. The summed E-state index contributed by atoms with van der Waals surface area (Å²) in [5, 5.41) is 3.24. The number of halogens is 1. The van der Waals surface area contributed by atoms with Crippen LogP contribution < -0.4 is 10.1 Å². The number of carbonyl (C=O) groups excluding carboxylic acids is 1. The Morgan fingerprint density at radius 2 is 2.17 bits per heavy atom. The number of alkyl halides is 1. The van der Waals surface area contributed by atoms with Crippen LogP contribution in [-0.4, -0.2) is 23.8 Å². The maximum Gasteiger partial charge on any atom is 0.412 e. The lowest BCUT2D eigenvalue weighted by atomic mass is 10.2. The minimum Gasteiger partial charge on any atom is -0.493 e. The Kier molecular flexibility index (Phi) is 4.95. The van der Waals surface area contributed by atoms with Gasteiger partial charge in [-0.15, -0.1) is 0 Å². The second kappa shape index (κ2) is 6.04. The zero-order valence-electron chi connectivity index (χ0n) is 10.9. The number of ether oxygens (including phenoxy) is 2. The Morgan fingerprint density at radius 1 is 1.50 bits per heavy atom. The number of anilines is 1. The average Bonchev–Trinajstić information content (AvgIpc) is 2.26. The number of carbonyl (C=O) groups is 1. The first kappa shape index (κ1) is 14.8. The summed E-state index contributed by atoms with van der Waals surface area (Å²) in [4.78, 5) is 15.8. The molecule has 1 aromatic rings. The Bertz CT molecular complexity index is 430. The van der Waals surface area contributed by atoms with Crippen LogP contribution in [0.3, 0.4) is 0 Å². The average molecular weight is 317 g/mol. The molecule has 6 heteroatoms. The smallest absolute Gasteiger partial charge is 0.412 e. The van der Waals surface area contributed by atoms with Crippen molar-refractivity contribution in [2.24, 2.45) is 0 Å². The Balaban J connectivity index is 2.85. The summed E-state index contributed by atoms with van der Waals surface area (Å²) in [6.07, 6.45) is 1.04. The lowest BCUT2D eigenvalue weighted by Gasteiger charge is -2.20. The van der Waals surface area contributed by atoms with Crippen LogP contribution in [-0.2, 0) is 10.1 Å². The highest BCUT2D eigenvalue weighted by molar-refractivity contribution is 9.08. The number of hydrogen-bond donors (Lipinski definition) is 1. The van der Waals surface area contributed by atoms with Crippen LogP contribution in [0.2, 0.25) is 0 Å². The maximum atomic E-state index is 11.7. The summed E-state index contributed by atoms with van der Waals surface area (Å²) in [6, 6.07) is 1.73. The Labute approximate surface area is 115 Å². The van der Waals surface area contributed by atoms with Gasteiger partial charge in [0.05, 0.1) is 24.7 Å². The molecule has 0 aliphatic carbocycles. The fourth-order valence-corrected chi connectivity index (χ4v) is 1.54. The molecular weight excluding hydrogens is 300 g/mol. The van der Waals surface area contributed by atoms with Gasteiger partial charge in [0, 0.05) is 5.33 Å². The molecule has 1 heterocycles. The monoisotopic (exact) mass is 316 g/mol. The van der Waals surface area contributed by atoms with E-state index in [0.29, 0.717) is 16.8 Å². The fraction of sp³-hybridized carbons (Fsp3) is 0.500. The standard InChI is InChI=1S/C12H17BrN2O3/c1-12(2,3)18-11(16)15-9-5-8(6-13)14-7-10(9)17-4/h5,7H,6H2,1-4H3,(H,14,15,16). The lowest BCUT2D eigenvalue weighted by molar-refractivity contribution is 0.0635. The van der Waals surface area contributed by atoms with Gasteiger partial charge in [-0.3, -0.25) is 10.3 Å². The van der Waals surface area contributed by atoms with Gasteiger partial charge in [-0.2, -0.15) is 0 Å². The van der Waals surface area contributed by atoms with E-state index in [1.54, 1.807) is 33.0 Å². The van der Waals surface area contributed by atoms with Crippen molar-refractivity contribution in [2.75, 3.05) is 12.4 Å². The molecule has 0 atom stereocenters. The van der Waals surface area contributed by atoms with Gasteiger partial charge in [0.1, 0.15) is 5.60 Å². The summed E-state index contributed by atoms with van der Waals surface area (Å²) < 4.78 is 10.3. The number of nitrogens with zero attached hydrogens (tertiary/aromatic N) is 1. The van der Waals surface area contributed by atoms with Crippen LogP contribution in [0.4, 0.5) is 10.5 Å². The summed E-state index contributed by atoms with van der Waals surface area (Å²) in [7, 11) is 1.52. The first-order chi connectivity index (χ1) is 8.35. The SMILES string of the molecule is COc1cnc(CBr)cc1NC(=O)OC(C)(C)C. The molecule has 0 aliphatic heterocycles. The highest BCUT2D eigenvalue weighted by atomic mass is 79.9. The number of nitrogens with one attached hydrogen (secondary N) is 1. The predicted octanol–water partition coefficient (Wildman–Crippen LogP) is 3.33. The van der Waals surface area contributed by atoms with Crippen molar-refractivity contribution >= 4 is 27.7 Å². The van der Waals surface area contributed by atoms with E-state index < -0.39 is 11.7 Å². The van der Waals surface area contributed by atoms with Gasteiger partial charge in [0.15, 0.2) is 5.75 Å². The van der Waals surface area contributed by atoms with Crippen molar-refractivity contribution in [3.8, 4) is 5.75 Å². The topological polar surface area (TPSA) is 60.5 Å². The number of rotatable bonds is 3. The quantitative estimate of drug-likeness (QED) is 0.869. The maximum absolute atomic E-state index is 11.7. The summed E-state index contributed by atoms with van der Waals surface area (Å²) in [6.45, 7) is 5.42. The zero-order chi connectivity index (χ0) is 13.8. The van der Waals surface area contributed by atoms with Crippen molar-refractivity contribution in [3.63, 3.8) is 0 Å². The number of pyridine rings is 1. The normalized spacial score (nSPS) is 10.9. The highest BCUT2D eigenvalue weighted by Gasteiger charge is 2.17. The van der Waals surface area contributed by atoms with E-state index >= 15 is 0 Å². The summed E-state index contributed by atoms with van der Waals surface area (Å²) in [5.74, 6) is 0.491. The van der Waals surface area contributed by atoms with Crippen molar-refractivity contribution in [2.45, 2.75) is 31.7 Å². The molecule has 18 heavy (non-hydrogen) atoms. The third kappa shape index (κ3) is 4.52. The minimum atomic E-state index is -0.539. The van der Waals surface area contributed by atoms with Gasteiger partial charge < -0.3 is 9.47 Å². The molecule has 0 saturated heterocycles. The van der Waals surface area contributed by atoms with E-state index in [0.717, 1.165) is 5.69 Å². The van der Waals surface area contributed by atoms with Gasteiger partial charge in [0.2, 0.25) is 0 Å². The molecule has 5 nitrogen and oxygen atoms in total. The second-order valence-electron chi connectivity index (χ2n) is 4.64. The van der Waals surface area contributed by atoms with Crippen LogP contribution in [0, 0.1) is 0 Å². The van der Waals surface area contributed by atoms with Crippen molar-refractivity contribution in [1.29, 1.82) is 0 Å². The summed E-state index contributed by atoms with van der Waals surface area (Å²) >= 11 is 3.31. The molecule has 0 fully saturated rings. The Morgan fingerprint density at radius 3 is 2.67 bits per heavy atom. The van der Waals surface area contributed by atoms with E-state index in [2.05, 4.69) is 26.2 Å². The van der Waals surface area contributed by atoms with Gasteiger partial charge in [-0.05, 0) is 26.8 Å². The van der Waals surface area contributed by atoms with Crippen LogP contribution in [0.5, 0.6) is 5.75 Å². The van der Waals surface area contributed by atoms with Gasteiger partial charge >= 0.3 is 6.09 Å². The van der Waals surface area contributed by atoms with Gasteiger partial charge in [-0.25, -0.2) is 4.79 Å². The van der Waals surface area contributed by atoms with Crippen LogP contribution in [0.15, 0.2) is 12.3 Å². The number of aromatic nitrogens is 1. The Hall–Kier alpha value is -1.30. The minimum absolute atomic E-state index is 0.491. The molecule has 1 rings (SSSR count). The highest BCUT2D eigenvalue weighted by Crippen LogP contribution is 2.25. The van der Waals surface area contributed by atoms with Crippen LogP contribution in [0.25, 0.3) is 0 Å². The first-order valence-corrected chi connectivity index (χ1v) is 6.56. The predicted molar refractivity (Wildman–Crippen MR) is 73.3 cm³/mol.